The third-order valence-corrected chi connectivity index (χ3v) is 15.2. The van der Waals surface area contributed by atoms with Crippen molar-refractivity contribution in [1.29, 1.82) is 0 Å². The summed E-state index contributed by atoms with van der Waals surface area (Å²) in [4.78, 5) is 9.15. The first-order chi connectivity index (χ1) is 37.9. The van der Waals surface area contributed by atoms with Crippen molar-refractivity contribution in [3.63, 3.8) is 0 Å². The Labute approximate surface area is 469 Å². The predicted molar refractivity (Wildman–Crippen MR) is 313 cm³/mol. The molecule has 7 heteroatoms. The third-order valence-electron chi connectivity index (χ3n) is 15.2. The van der Waals surface area contributed by atoms with Crippen molar-refractivity contribution in [2.24, 2.45) is 0 Å². The van der Waals surface area contributed by atoms with E-state index in [-0.39, 0.29) is 67.0 Å². The number of nitrogens with zero attached hydrogens (tertiary/aromatic N) is 4. The first kappa shape index (κ1) is 44.9. The van der Waals surface area contributed by atoms with Gasteiger partial charge < -0.3 is 23.5 Å². The molecule has 0 saturated carbocycles. The van der Waals surface area contributed by atoms with Crippen molar-refractivity contribution in [3.8, 4) is 39.6 Å². The Bertz CT molecular complexity index is 4330. The van der Waals surface area contributed by atoms with Crippen LogP contribution in [0.15, 0.2) is 162 Å². The largest absolute Gasteiger partial charge is 0.509 e. The molecule has 0 fully saturated rings. The van der Waals surface area contributed by atoms with Crippen LogP contribution in [0, 0.1) is 39.6 Å². The summed E-state index contributed by atoms with van der Waals surface area (Å²) in [6.45, 7) is 28.2. The SMILES string of the molecule is [2H]c1c([2H])c([2H])c(-c2c(C)c(C)c(C)c(-c3cc(C(C)(C)C)cc(C(C)(C)C)c3)c2N2[CH-]N(c3[c-]c(Oc4[c-]c5c(cc4)c4c6oc7ccccc7c6ccc4n5-c4cc(C(C)(C)C)ccn4)ccc3)c3ccccc32)c([2H])c1[2H].[Pt]. The van der Waals surface area contributed by atoms with Gasteiger partial charge in [0.1, 0.15) is 17.0 Å². The summed E-state index contributed by atoms with van der Waals surface area (Å²) in [5.74, 6) is 1.71. The molecular formula is C69H63N4O2Pt-3. The molecule has 0 radical (unpaired) electrons. The first-order valence-electron chi connectivity index (χ1n) is 28.3. The Morgan fingerprint density at radius 1 is 0.579 bits per heavy atom. The van der Waals surface area contributed by atoms with Crippen molar-refractivity contribution in [2.75, 3.05) is 9.80 Å². The monoisotopic (exact) mass is 1180 g/mol. The van der Waals surface area contributed by atoms with E-state index in [1.54, 1.807) is 0 Å². The molecule has 8 aromatic carbocycles. The number of furan rings is 1. The third kappa shape index (κ3) is 8.60. The average molecular weight is 1180 g/mol. The Balaban J connectivity index is 0.00000690. The van der Waals surface area contributed by atoms with Gasteiger partial charge in [0, 0.05) is 83.2 Å². The van der Waals surface area contributed by atoms with Gasteiger partial charge in [-0.25, -0.2) is 4.98 Å². The van der Waals surface area contributed by atoms with Crippen LogP contribution in [0.25, 0.3) is 71.8 Å². The Hall–Kier alpha value is -7.40. The number of para-hydroxylation sites is 3. The minimum Gasteiger partial charge on any atom is -0.509 e. The van der Waals surface area contributed by atoms with Gasteiger partial charge in [0.25, 0.3) is 0 Å². The molecule has 76 heavy (non-hydrogen) atoms. The molecule has 1 aliphatic heterocycles. The number of rotatable bonds is 7. The van der Waals surface area contributed by atoms with Gasteiger partial charge in [-0.05, 0) is 129 Å². The molecule has 0 bridgehead atoms. The summed E-state index contributed by atoms with van der Waals surface area (Å²) < 4.78 is 61.0. The van der Waals surface area contributed by atoms with Crippen LogP contribution in [-0.2, 0) is 37.3 Å². The zero-order chi connectivity index (χ0) is 56.6. The summed E-state index contributed by atoms with van der Waals surface area (Å²) in [7, 11) is 0. The standard InChI is InChI=1S/C69H63N4O2.Pt/c1-42-43(2)62(45-21-14-13-15-22-45)65(63(44(42)3)46-35-48(68(7,8)9)37-49(36-46)69(10,11)12)72-41-71(56-26-17-18-27-57(56)72)50-23-20-24-51(39-50)74-52-29-30-55-59(40-52)73(61-38-47(33-34-70-61)67(4,5)6)58-32-31-54-53-25-16-19-28-60(53)75-66(54)64(55)58;/h13-38,41H,1-12H3;/q-3;/i13D,14D,15D,21D,22D;. The maximum Gasteiger partial charge on any atom is 0.135 e. The van der Waals surface area contributed by atoms with E-state index in [0.717, 1.165) is 94.3 Å². The number of pyridine rings is 1. The molecular weight excluding hydrogens is 1110 g/mol. The van der Waals surface area contributed by atoms with Gasteiger partial charge in [-0.3, -0.25) is 0 Å². The zero-order valence-corrected chi connectivity index (χ0v) is 47.4. The van der Waals surface area contributed by atoms with Crippen molar-refractivity contribution in [1.82, 2.24) is 9.55 Å². The van der Waals surface area contributed by atoms with E-state index < -0.39 is 6.04 Å². The Morgan fingerprint density at radius 3 is 1.91 bits per heavy atom. The first-order valence-corrected chi connectivity index (χ1v) is 25.8. The van der Waals surface area contributed by atoms with Crippen molar-refractivity contribution in [3.05, 3.63) is 210 Å². The molecule has 0 aliphatic carbocycles. The molecule has 0 N–H and O–H groups in total. The van der Waals surface area contributed by atoms with E-state index in [1.165, 1.54) is 11.1 Å². The Kier molecular flexibility index (Phi) is 11.0. The number of benzene rings is 8. The second kappa shape index (κ2) is 18.7. The van der Waals surface area contributed by atoms with Gasteiger partial charge in [-0.1, -0.05) is 152 Å². The van der Waals surface area contributed by atoms with Crippen LogP contribution >= 0.6 is 0 Å². The van der Waals surface area contributed by atoms with Crippen LogP contribution in [0.5, 0.6) is 11.5 Å². The molecule has 4 heterocycles. The number of fused-ring (bicyclic) bond motifs is 8. The molecule has 0 saturated heterocycles. The van der Waals surface area contributed by atoms with Crippen LogP contribution in [-0.4, -0.2) is 9.55 Å². The van der Waals surface area contributed by atoms with E-state index in [9.17, 15) is 2.74 Å². The van der Waals surface area contributed by atoms with Crippen LogP contribution in [0.4, 0.5) is 22.7 Å². The topological polar surface area (TPSA) is 46.7 Å². The van der Waals surface area contributed by atoms with Gasteiger partial charge >= 0.3 is 0 Å². The molecule has 384 valence electrons. The van der Waals surface area contributed by atoms with Gasteiger partial charge in [-0.2, -0.15) is 12.1 Å². The maximum absolute atomic E-state index is 9.47. The molecule has 12 rings (SSSR count). The van der Waals surface area contributed by atoms with Crippen molar-refractivity contribution in [2.45, 2.75) is 99.3 Å². The van der Waals surface area contributed by atoms with Gasteiger partial charge in [-0.15, -0.1) is 42.7 Å². The van der Waals surface area contributed by atoms with Crippen LogP contribution in [0.2, 0.25) is 0 Å². The zero-order valence-electron chi connectivity index (χ0n) is 50.1. The number of hydrogen-bond donors (Lipinski definition) is 0. The average Bonchev–Trinajstić information content (AvgIpc) is 4.35. The van der Waals surface area contributed by atoms with Crippen LogP contribution in [0.1, 0.15) is 103 Å². The quantitative estimate of drug-likeness (QED) is 0.149. The van der Waals surface area contributed by atoms with E-state index >= 15 is 0 Å². The van der Waals surface area contributed by atoms with Crippen molar-refractivity contribution < 1.29 is 37.1 Å². The summed E-state index contributed by atoms with van der Waals surface area (Å²) in [6, 6.07) is 47.0. The number of anilines is 4. The van der Waals surface area contributed by atoms with E-state index in [4.69, 9.17) is 18.3 Å². The summed E-state index contributed by atoms with van der Waals surface area (Å²) >= 11 is 0. The van der Waals surface area contributed by atoms with E-state index in [1.807, 2.05) is 74.4 Å². The van der Waals surface area contributed by atoms with Crippen molar-refractivity contribution >= 4 is 66.5 Å². The molecule has 0 amide bonds. The summed E-state index contributed by atoms with van der Waals surface area (Å²) in [5, 5.41) is 4.00. The minimum atomic E-state index is -0.437. The molecule has 0 atom stereocenters. The summed E-state index contributed by atoms with van der Waals surface area (Å²) in [5.41, 5.74) is 14.8. The maximum atomic E-state index is 9.47. The fourth-order valence-electron chi connectivity index (χ4n) is 10.8. The fourth-order valence-corrected chi connectivity index (χ4v) is 10.8. The van der Waals surface area contributed by atoms with Crippen LogP contribution < -0.4 is 14.5 Å². The van der Waals surface area contributed by atoms with Gasteiger partial charge in [0.2, 0.25) is 0 Å². The number of hydrogen-bond acceptors (Lipinski definition) is 5. The second-order valence-corrected chi connectivity index (χ2v) is 23.1. The smallest absolute Gasteiger partial charge is 0.135 e. The predicted octanol–water partition coefficient (Wildman–Crippen LogP) is 19.0. The van der Waals surface area contributed by atoms with E-state index in [2.05, 4.69) is 169 Å². The number of ether oxygens (including phenoxy) is 1. The molecule has 0 spiro atoms. The second-order valence-electron chi connectivity index (χ2n) is 23.1. The van der Waals surface area contributed by atoms with Gasteiger partial charge in [0.05, 0.1) is 6.85 Å². The minimum absolute atomic E-state index is 0. The molecule has 6 nitrogen and oxygen atoms in total. The summed E-state index contributed by atoms with van der Waals surface area (Å²) in [6.07, 6.45) is 1.87. The normalized spacial score (nSPS) is 14.0. The molecule has 0 unspecified atom stereocenters. The molecule has 3 aromatic heterocycles. The van der Waals surface area contributed by atoms with Crippen LogP contribution in [0.3, 0.4) is 0 Å². The molecule has 11 aromatic rings. The fraction of sp³-hybridized carbons (Fsp3) is 0.217. The molecule has 1 aliphatic rings. The van der Waals surface area contributed by atoms with E-state index in [0.29, 0.717) is 28.4 Å². The van der Waals surface area contributed by atoms with Gasteiger partial charge in [0.15, 0.2) is 0 Å². The number of aromatic nitrogens is 2. The Morgan fingerprint density at radius 2 is 1.21 bits per heavy atom.